The molecule has 0 amide bonds. The van der Waals surface area contributed by atoms with Crippen molar-refractivity contribution < 1.29 is 8.42 Å². The summed E-state index contributed by atoms with van der Waals surface area (Å²) in [5.74, 6) is 0. The van der Waals surface area contributed by atoms with Crippen LogP contribution in [-0.4, -0.2) is 42.1 Å². The molecule has 2 rings (SSSR count). The van der Waals surface area contributed by atoms with Crippen LogP contribution in [0.3, 0.4) is 0 Å². The minimum atomic E-state index is -3.32. The minimum Gasteiger partial charge on any atom is -0.248 e. The van der Waals surface area contributed by atoms with Crippen molar-refractivity contribution >= 4 is 21.5 Å². The molecule has 0 radical (unpaired) electrons. The van der Waals surface area contributed by atoms with Gasteiger partial charge in [0, 0.05) is 31.7 Å². The summed E-state index contributed by atoms with van der Waals surface area (Å²) in [5, 5.41) is 2.71. The van der Waals surface area contributed by atoms with Gasteiger partial charge in [-0.1, -0.05) is 0 Å². The molecular weight excluding hydrogens is 246 g/mol. The molecule has 0 atom stereocenters. The molecule has 0 unspecified atom stereocenters. The number of hydrogen-bond acceptors (Lipinski definition) is 4. The Labute approximate surface area is 99.9 Å². The molecule has 0 aliphatic heterocycles. The SMILES string of the molecule is CN(C)S(=O)(=O)N(Cc1nccs1)C1CC1. The zero-order valence-electron chi connectivity index (χ0n) is 9.33. The third-order valence-electron chi connectivity index (χ3n) is 2.49. The van der Waals surface area contributed by atoms with E-state index < -0.39 is 10.2 Å². The lowest BCUT2D eigenvalue weighted by Crippen LogP contribution is -2.40. The van der Waals surface area contributed by atoms with E-state index in [1.54, 1.807) is 24.6 Å². The highest BCUT2D eigenvalue weighted by molar-refractivity contribution is 7.86. The summed E-state index contributed by atoms with van der Waals surface area (Å²) >= 11 is 1.49. The molecule has 16 heavy (non-hydrogen) atoms. The van der Waals surface area contributed by atoms with E-state index in [-0.39, 0.29) is 6.04 Å². The number of thiazole rings is 1. The second-order valence-electron chi connectivity index (χ2n) is 3.99. The maximum Gasteiger partial charge on any atom is 0.282 e. The first-order chi connectivity index (χ1) is 7.51. The molecule has 1 heterocycles. The van der Waals surface area contributed by atoms with Crippen molar-refractivity contribution in [3.05, 3.63) is 16.6 Å². The average molecular weight is 261 g/mol. The number of nitrogens with zero attached hydrogens (tertiary/aromatic N) is 3. The van der Waals surface area contributed by atoms with Crippen molar-refractivity contribution in [2.75, 3.05) is 14.1 Å². The fourth-order valence-corrected chi connectivity index (χ4v) is 3.42. The molecule has 7 heteroatoms. The van der Waals surface area contributed by atoms with Crippen LogP contribution in [0.2, 0.25) is 0 Å². The summed E-state index contributed by atoms with van der Waals surface area (Å²) < 4.78 is 26.9. The van der Waals surface area contributed by atoms with E-state index in [2.05, 4.69) is 4.98 Å². The smallest absolute Gasteiger partial charge is 0.248 e. The Hall–Kier alpha value is -0.500. The first-order valence-corrected chi connectivity index (χ1v) is 7.37. The predicted octanol–water partition coefficient (Wildman–Crippen LogP) is 0.914. The van der Waals surface area contributed by atoms with Crippen molar-refractivity contribution in [1.29, 1.82) is 0 Å². The van der Waals surface area contributed by atoms with E-state index in [0.29, 0.717) is 6.54 Å². The summed E-state index contributed by atoms with van der Waals surface area (Å²) in [5.41, 5.74) is 0. The molecule has 0 aromatic carbocycles. The molecule has 1 aliphatic carbocycles. The third-order valence-corrected chi connectivity index (χ3v) is 5.19. The normalized spacial score (nSPS) is 17.2. The van der Waals surface area contributed by atoms with E-state index in [9.17, 15) is 8.42 Å². The molecule has 1 aliphatic rings. The fraction of sp³-hybridized carbons (Fsp3) is 0.667. The van der Waals surface area contributed by atoms with Crippen LogP contribution in [0.5, 0.6) is 0 Å². The van der Waals surface area contributed by atoms with Gasteiger partial charge in [0.2, 0.25) is 0 Å². The van der Waals surface area contributed by atoms with Gasteiger partial charge in [-0.25, -0.2) is 4.98 Å². The quantitative estimate of drug-likeness (QED) is 0.792. The molecule has 0 saturated heterocycles. The lowest BCUT2D eigenvalue weighted by Gasteiger charge is -2.24. The largest absolute Gasteiger partial charge is 0.282 e. The molecule has 90 valence electrons. The van der Waals surface area contributed by atoms with Crippen LogP contribution in [0.25, 0.3) is 0 Å². The summed E-state index contributed by atoms with van der Waals surface area (Å²) in [4.78, 5) is 4.13. The van der Waals surface area contributed by atoms with Crippen molar-refractivity contribution in [2.45, 2.75) is 25.4 Å². The Balaban J connectivity index is 2.18. The third kappa shape index (κ3) is 2.42. The van der Waals surface area contributed by atoms with Crippen LogP contribution < -0.4 is 0 Å². The van der Waals surface area contributed by atoms with E-state index in [0.717, 1.165) is 17.8 Å². The molecule has 1 aromatic heterocycles. The van der Waals surface area contributed by atoms with Crippen molar-refractivity contribution in [3.8, 4) is 0 Å². The van der Waals surface area contributed by atoms with E-state index >= 15 is 0 Å². The van der Waals surface area contributed by atoms with E-state index in [1.165, 1.54) is 15.6 Å². The maximum absolute atomic E-state index is 12.1. The second-order valence-corrected chi connectivity index (χ2v) is 7.07. The molecular formula is C9H15N3O2S2. The van der Waals surface area contributed by atoms with Gasteiger partial charge in [0.25, 0.3) is 10.2 Å². The Morgan fingerprint density at radius 1 is 1.50 bits per heavy atom. The summed E-state index contributed by atoms with van der Waals surface area (Å²) in [6, 6.07) is 0.163. The number of aromatic nitrogens is 1. The average Bonchev–Trinajstić information content (AvgIpc) is 2.91. The van der Waals surface area contributed by atoms with Crippen LogP contribution in [-0.2, 0) is 16.8 Å². The van der Waals surface area contributed by atoms with Gasteiger partial charge >= 0.3 is 0 Å². The Bertz CT molecular complexity index is 437. The Morgan fingerprint density at radius 2 is 2.19 bits per heavy atom. The molecule has 1 aromatic rings. The lowest BCUT2D eigenvalue weighted by molar-refractivity contribution is 0.362. The lowest BCUT2D eigenvalue weighted by atomic mass is 10.6. The van der Waals surface area contributed by atoms with Crippen molar-refractivity contribution in [1.82, 2.24) is 13.6 Å². The molecule has 0 bridgehead atoms. The van der Waals surface area contributed by atoms with Gasteiger partial charge in [-0.05, 0) is 12.8 Å². The molecule has 0 N–H and O–H groups in total. The Morgan fingerprint density at radius 3 is 2.62 bits per heavy atom. The summed E-state index contributed by atoms with van der Waals surface area (Å²) in [6.45, 7) is 0.392. The molecule has 0 spiro atoms. The van der Waals surface area contributed by atoms with Gasteiger partial charge < -0.3 is 0 Å². The van der Waals surface area contributed by atoms with Crippen LogP contribution in [0, 0.1) is 0 Å². The predicted molar refractivity (Wildman–Crippen MR) is 63.3 cm³/mol. The fourth-order valence-electron chi connectivity index (χ4n) is 1.44. The number of rotatable bonds is 5. The zero-order chi connectivity index (χ0) is 11.8. The minimum absolute atomic E-state index is 0.163. The van der Waals surface area contributed by atoms with Crippen molar-refractivity contribution in [3.63, 3.8) is 0 Å². The van der Waals surface area contributed by atoms with Crippen LogP contribution in [0.1, 0.15) is 17.8 Å². The highest BCUT2D eigenvalue weighted by atomic mass is 32.2. The first-order valence-electron chi connectivity index (χ1n) is 5.09. The highest BCUT2D eigenvalue weighted by Gasteiger charge is 2.38. The van der Waals surface area contributed by atoms with Gasteiger partial charge in [0.1, 0.15) is 5.01 Å². The van der Waals surface area contributed by atoms with E-state index in [1.807, 2.05) is 5.38 Å². The van der Waals surface area contributed by atoms with E-state index in [4.69, 9.17) is 0 Å². The van der Waals surface area contributed by atoms with Gasteiger partial charge in [-0.15, -0.1) is 11.3 Å². The van der Waals surface area contributed by atoms with Crippen molar-refractivity contribution in [2.24, 2.45) is 0 Å². The zero-order valence-corrected chi connectivity index (χ0v) is 11.0. The molecule has 1 fully saturated rings. The topological polar surface area (TPSA) is 53.5 Å². The summed E-state index contributed by atoms with van der Waals surface area (Å²) in [6.07, 6.45) is 3.62. The van der Waals surface area contributed by atoms with Gasteiger partial charge in [-0.3, -0.25) is 0 Å². The van der Waals surface area contributed by atoms with Gasteiger partial charge in [0.15, 0.2) is 0 Å². The first kappa shape index (κ1) is 12.0. The molecule has 5 nitrogen and oxygen atoms in total. The van der Waals surface area contributed by atoms with Crippen LogP contribution in [0.4, 0.5) is 0 Å². The maximum atomic E-state index is 12.1. The monoisotopic (exact) mass is 261 g/mol. The Kier molecular flexibility index (Phi) is 3.29. The highest BCUT2D eigenvalue weighted by Crippen LogP contribution is 2.31. The second kappa shape index (κ2) is 4.40. The van der Waals surface area contributed by atoms with Crippen LogP contribution >= 0.6 is 11.3 Å². The number of hydrogen-bond donors (Lipinski definition) is 0. The molecule has 1 saturated carbocycles. The van der Waals surface area contributed by atoms with Crippen LogP contribution in [0.15, 0.2) is 11.6 Å². The van der Waals surface area contributed by atoms with Gasteiger partial charge in [-0.2, -0.15) is 17.0 Å². The standard InChI is InChI=1S/C9H15N3O2S2/c1-11(2)16(13,14)12(8-3-4-8)7-9-10-5-6-15-9/h5-6,8H,3-4,7H2,1-2H3. The summed E-state index contributed by atoms with van der Waals surface area (Å²) in [7, 11) is -0.194. The van der Waals surface area contributed by atoms with Gasteiger partial charge in [0.05, 0.1) is 6.54 Å².